The number of halogens is 1. The Morgan fingerprint density at radius 2 is 1.76 bits per heavy atom. The second kappa shape index (κ2) is 8.13. The van der Waals surface area contributed by atoms with Crippen LogP contribution in [0.5, 0.6) is 0 Å². The summed E-state index contributed by atoms with van der Waals surface area (Å²) in [6.45, 7) is 0.653. The van der Waals surface area contributed by atoms with E-state index in [9.17, 15) is 13.2 Å². The van der Waals surface area contributed by atoms with Gasteiger partial charge in [-0.3, -0.25) is 4.79 Å². The smallest absolute Gasteiger partial charge is 0.258 e. The first-order chi connectivity index (χ1) is 13.9. The van der Waals surface area contributed by atoms with Crippen LogP contribution in [0.3, 0.4) is 0 Å². The van der Waals surface area contributed by atoms with Crippen LogP contribution in [0.2, 0.25) is 0 Å². The van der Waals surface area contributed by atoms with Crippen LogP contribution >= 0.6 is 15.9 Å². The van der Waals surface area contributed by atoms with Gasteiger partial charge in [0, 0.05) is 22.3 Å². The minimum absolute atomic E-state index is 0.104. The summed E-state index contributed by atoms with van der Waals surface area (Å²) in [7, 11) is -3.46. The fraction of sp³-hybridized carbons (Fsp3) is 0.174. The van der Waals surface area contributed by atoms with E-state index in [1.807, 2.05) is 12.1 Å². The van der Waals surface area contributed by atoms with E-state index in [2.05, 4.69) is 22.0 Å². The van der Waals surface area contributed by atoms with E-state index in [0.717, 1.165) is 28.6 Å². The Kier molecular flexibility index (Phi) is 5.56. The molecule has 0 radical (unpaired) electrons. The van der Waals surface area contributed by atoms with Crippen molar-refractivity contribution in [3.63, 3.8) is 0 Å². The fourth-order valence-corrected chi connectivity index (χ4v) is 5.42. The number of rotatable bonds is 4. The van der Waals surface area contributed by atoms with Crippen LogP contribution < -0.4 is 4.90 Å². The quantitative estimate of drug-likeness (QED) is 0.539. The van der Waals surface area contributed by atoms with Gasteiger partial charge in [-0.2, -0.15) is 0 Å². The van der Waals surface area contributed by atoms with Gasteiger partial charge >= 0.3 is 0 Å². The molecule has 0 N–H and O–H groups in total. The largest absolute Gasteiger partial charge is 0.308 e. The molecule has 0 unspecified atom stereocenters. The highest BCUT2D eigenvalue weighted by molar-refractivity contribution is 9.10. The summed E-state index contributed by atoms with van der Waals surface area (Å²) < 4.78 is 26.4. The van der Waals surface area contributed by atoms with E-state index >= 15 is 0 Å². The highest BCUT2D eigenvalue weighted by Crippen LogP contribution is 2.31. The zero-order valence-electron chi connectivity index (χ0n) is 15.7. The Balaban J connectivity index is 1.61. The van der Waals surface area contributed by atoms with Crippen molar-refractivity contribution in [3.8, 4) is 0 Å². The lowest BCUT2D eigenvalue weighted by Crippen LogP contribution is -2.35. The number of amides is 1. The van der Waals surface area contributed by atoms with Crippen LogP contribution in [-0.2, 0) is 22.0 Å². The minimum atomic E-state index is -3.46. The molecule has 1 amide bonds. The van der Waals surface area contributed by atoms with Gasteiger partial charge in [-0.05, 0) is 66.4 Å². The van der Waals surface area contributed by atoms with Gasteiger partial charge in [0.15, 0.2) is 9.84 Å². The molecule has 0 aromatic heterocycles. The average molecular weight is 470 g/mol. The summed E-state index contributed by atoms with van der Waals surface area (Å²) in [5, 5.41) is 0. The van der Waals surface area contributed by atoms with Crippen molar-refractivity contribution < 1.29 is 13.2 Å². The molecule has 0 saturated carbocycles. The molecule has 0 atom stereocenters. The lowest BCUT2D eigenvalue weighted by Gasteiger charge is -2.30. The Morgan fingerprint density at radius 1 is 0.966 bits per heavy atom. The second-order valence-corrected chi connectivity index (χ2v) is 10.0. The summed E-state index contributed by atoms with van der Waals surface area (Å²) in [6, 6.07) is 21.3. The Morgan fingerprint density at radius 3 is 2.55 bits per heavy atom. The molecular formula is C23H20BrNO3S. The fourth-order valence-electron chi connectivity index (χ4n) is 3.66. The van der Waals surface area contributed by atoms with Crippen LogP contribution in [0.25, 0.3) is 0 Å². The molecule has 0 aliphatic carbocycles. The molecule has 1 heterocycles. The predicted octanol–water partition coefficient (Wildman–Crippen LogP) is 5.02. The van der Waals surface area contributed by atoms with Crippen LogP contribution in [-0.4, -0.2) is 20.9 Å². The van der Waals surface area contributed by atoms with Gasteiger partial charge in [0.25, 0.3) is 5.91 Å². The number of aryl methyl sites for hydroxylation is 1. The van der Waals surface area contributed by atoms with E-state index in [4.69, 9.17) is 0 Å². The molecule has 0 fully saturated rings. The molecule has 29 heavy (non-hydrogen) atoms. The summed E-state index contributed by atoms with van der Waals surface area (Å²) in [5.41, 5.74) is 3.17. The van der Waals surface area contributed by atoms with Gasteiger partial charge in [0.05, 0.1) is 10.6 Å². The highest BCUT2D eigenvalue weighted by Gasteiger charge is 2.24. The van der Waals surface area contributed by atoms with Gasteiger partial charge in [-0.15, -0.1) is 0 Å². The lowest BCUT2D eigenvalue weighted by molar-refractivity contribution is 0.0985. The zero-order valence-corrected chi connectivity index (χ0v) is 18.1. The maximum Gasteiger partial charge on any atom is 0.258 e. The van der Waals surface area contributed by atoms with Crippen molar-refractivity contribution in [1.82, 2.24) is 0 Å². The molecule has 1 aliphatic rings. The number of fused-ring (bicyclic) bond motifs is 1. The summed E-state index contributed by atoms with van der Waals surface area (Å²) in [6.07, 6.45) is 1.84. The number of sulfone groups is 1. The predicted molar refractivity (Wildman–Crippen MR) is 118 cm³/mol. The third kappa shape index (κ3) is 4.28. The maximum absolute atomic E-state index is 13.2. The second-order valence-electron chi connectivity index (χ2n) is 7.11. The maximum atomic E-state index is 13.2. The summed E-state index contributed by atoms with van der Waals surface area (Å²) >= 11 is 3.49. The summed E-state index contributed by atoms with van der Waals surface area (Å²) in [5.74, 6) is -0.242. The van der Waals surface area contributed by atoms with Crippen molar-refractivity contribution in [1.29, 1.82) is 0 Å². The molecule has 4 rings (SSSR count). The third-order valence-corrected chi connectivity index (χ3v) is 7.24. The Hall–Kier alpha value is -2.44. The van der Waals surface area contributed by atoms with E-state index in [-0.39, 0.29) is 16.6 Å². The molecule has 3 aromatic carbocycles. The number of benzene rings is 3. The molecular weight excluding hydrogens is 450 g/mol. The van der Waals surface area contributed by atoms with Crippen molar-refractivity contribution in [2.45, 2.75) is 23.5 Å². The van der Waals surface area contributed by atoms with E-state index in [0.29, 0.717) is 17.7 Å². The van der Waals surface area contributed by atoms with Crippen LogP contribution in [0, 0.1) is 0 Å². The average Bonchev–Trinajstić information content (AvgIpc) is 2.73. The number of nitrogens with zero attached hydrogens (tertiary/aromatic N) is 1. The van der Waals surface area contributed by atoms with Gasteiger partial charge in [-0.1, -0.05) is 46.3 Å². The molecule has 3 aromatic rings. The van der Waals surface area contributed by atoms with E-state index in [1.54, 1.807) is 59.5 Å². The van der Waals surface area contributed by atoms with Gasteiger partial charge in [0.1, 0.15) is 0 Å². The monoisotopic (exact) mass is 469 g/mol. The lowest BCUT2D eigenvalue weighted by atomic mass is 10.0. The van der Waals surface area contributed by atoms with Crippen molar-refractivity contribution in [3.05, 3.63) is 94.0 Å². The Bertz CT molecular complexity index is 1160. The van der Waals surface area contributed by atoms with Crippen LogP contribution in [0.1, 0.15) is 27.9 Å². The molecule has 0 saturated heterocycles. The minimum Gasteiger partial charge on any atom is -0.308 e. The molecule has 6 heteroatoms. The van der Waals surface area contributed by atoms with Crippen LogP contribution in [0.4, 0.5) is 5.69 Å². The number of carbonyl (C=O) groups is 1. The molecule has 1 aliphatic heterocycles. The number of anilines is 1. The van der Waals surface area contributed by atoms with E-state index < -0.39 is 9.84 Å². The first kappa shape index (κ1) is 19.9. The number of hydrogen-bond donors (Lipinski definition) is 0. The van der Waals surface area contributed by atoms with Gasteiger partial charge in [-0.25, -0.2) is 8.42 Å². The van der Waals surface area contributed by atoms with Crippen LogP contribution in [0.15, 0.2) is 82.2 Å². The zero-order chi connectivity index (χ0) is 20.4. The summed E-state index contributed by atoms with van der Waals surface area (Å²) in [4.78, 5) is 15.3. The molecule has 148 valence electrons. The third-order valence-electron chi connectivity index (χ3n) is 5.04. The van der Waals surface area contributed by atoms with Gasteiger partial charge in [0.2, 0.25) is 0 Å². The van der Waals surface area contributed by atoms with Crippen molar-refractivity contribution >= 4 is 37.4 Å². The first-order valence-corrected chi connectivity index (χ1v) is 11.9. The standard InChI is InChI=1S/C23H20BrNO3S/c24-20-11-12-22-18(15-20)8-5-13-25(22)23(26)19-7-4-6-17(14-19)16-29(27,28)21-9-2-1-3-10-21/h1-4,6-7,9-12,14-15H,5,8,13,16H2. The van der Waals surface area contributed by atoms with Crippen molar-refractivity contribution in [2.75, 3.05) is 11.4 Å². The van der Waals surface area contributed by atoms with E-state index in [1.165, 1.54) is 0 Å². The van der Waals surface area contributed by atoms with Gasteiger partial charge < -0.3 is 4.90 Å². The SMILES string of the molecule is O=C(c1cccc(CS(=O)(=O)c2ccccc2)c1)N1CCCc2cc(Br)ccc21. The van der Waals surface area contributed by atoms with Crippen molar-refractivity contribution in [2.24, 2.45) is 0 Å². The topological polar surface area (TPSA) is 54.5 Å². The Labute approximate surface area is 179 Å². The number of carbonyl (C=O) groups excluding carboxylic acids is 1. The molecule has 0 spiro atoms. The normalized spacial score (nSPS) is 13.8. The number of hydrogen-bond acceptors (Lipinski definition) is 3. The first-order valence-electron chi connectivity index (χ1n) is 9.41. The molecule has 4 nitrogen and oxygen atoms in total. The molecule has 0 bridgehead atoms. The highest BCUT2D eigenvalue weighted by atomic mass is 79.9.